The smallest absolute Gasteiger partial charge is 0.191 e. The van der Waals surface area contributed by atoms with Gasteiger partial charge in [0.05, 0.1) is 6.20 Å². The molecule has 2 rings (SSSR count). The molecular formula is C18H26F2IN5. The van der Waals surface area contributed by atoms with E-state index in [1.54, 1.807) is 0 Å². The number of nitrogens with one attached hydrogen (secondary N) is 2. The zero-order valence-electron chi connectivity index (χ0n) is 15.4. The molecule has 0 aliphatic rings. The monoisotopic (exact) mass is 477 g/mol. The van der Waals surface area contributed by atoms with Crippen LogP contribution in [0.2, 0.25) is 0 Å². The molecule has 2 N–H and O–H groups in total. The van der Waals surface area contributed by atoms with E-state index in [9.17, 15) is 8.78 Å². The topological polar surface area (TPSA) is 54.2 Å². The molecule has 0 saturated heterocycles. The third-order valence-electron chi connectivity index (χ3n) is 4.06. The number of rotatable bonds is 7. The SMILES string of the molecule is CCNC(=NCCc1c(F)cccc1F)NCCc1cnn(C)c1C.I. The van der Waals surface area contributed by atoms with Gasteiger partial charge in [-0.3, -0.25) is 9.67 Å². The quantitative estimate of drug-likeness (QED) is 0.367. The van der Waals surface area contributed by atoms with Crippen molar-refractivity contribution >= 4 is 29.9 Å². The molecule has 26 heavy (non-hydrogen) atoms. The number of hydrogen-bond acceptors (Lipinski definition) is 2. The molecule has 0 amide bonds. The van der Waals surface area contributed by atoms with Crippen LogP contribution in [0.25, 0.3) is 0 Å². The third-order valence-corrected chi connectivity index (χ3v) is 4.06. The highest BCUT2D eigenvalue weighted by molar-refractivity contribution is 14.0. The van der Waals surface area contributed by atoms with E-state index in [0.717, 1.165) is 12.1 Å². The molecule has 0 saturated carbocycles. The van der Waals surface area contributed by atoms with E-state index < -0.39 is 11.6 Å². The van der Waals surface area contributed by atoms with E-state index in [1.807, 2.05) is 31.8 Å². The van der Waals surface area contributed by atoms with E-state index in [0.29, 0.717) is 25.6 Å². The summed E-state index contributed by atoms with van der Waals surface area (Å²) in [6.07, 6.45) is 2.91. The van der Waals surface area contributed by atoms with E-state index in [-0.39, 0.29) is 36.0 Å². The van der Waals surface area contributed by atoms with E-state index >= 15 is 0 Å². The number of guanidine groups is 1. The van der Waals surface area contributed by atoms with Gasteiger partial charge in [-0.1, -0.05) is 6.07 Å². The minimum absolute atomic E-state index is 0. The van der Waals surface area contributed by atoms with E-state index in [2.05, 4.69) is 20.7 Å². The lowest BCUT2D eigenvalue weighted by molar-refractivity contribution is 0.555. The van der Waals surface area contributed by atoms with Gasteiger partial charge in [-0.25, -0.2) is 8.78 Å². The highest BCUT2D eigenvalue weighted by Crippen LogP contribution is 2.12. The second-order valence-electron chi connectivity index (χ2n) is 5.77. The van der Waals surface area contributed by atoms with Crippen molar-refractivity contribution in [3.63, 3.8) is 0 Å². The summed E-state index contributed by atoms with van der Waals surface area (Å²) >= 11 is 0. The lowest BCUT2D eigenvalue weighted by Crippen LogP contribution is -2.38. The third kappa shape index (κ3) is 6.22. The van der Waals surface area contributed by atoms with Crippen LogP contribution in [0, 0.1) is 18.6 Å². The van der Waals surface area contributed by atoms with Crippen LogP contribution in [0.1, 0.15) is 23.7 Å². The van der Waals surface area contributed by atoms with Gasteiger partial charge in [-0.2, -0.15) is 5.10 Å². The molecule has 0 atom stereocenters. The van der Waals surface area contributed by atoms with Crippen LogP contribution < -0.4 is 10.6 Å². The fourth-order valence-corrected chi connectivity index (χ4v) is 2.50. The molecule has 5 nitrogen and oxygen atoms in total. The first kappa shape index (κ1) is 22.3. The zero-order valence-corrected chi connectivity index (χ0v) is 17.7. The van der Waals surface area contributed by atoms with Crippen LogP contribution in [0.15, 0.2) is 29.4 Å². The van der Waals surface area contributed by atoms with Crippen molar-refractivity contribution in [2.24, 2.45) is 12.0 Å². The van der Waals surface area contributed by atoms with Crippen LogP contribution in [0.4, 0.5) is 8.78 Å². The number of aromatic nitrogens is 2. The predicted molar refractivity (Wildman–Crippen MR) is 111 cm³/mol. The van der Waals surface area contributed by atoms with Crippen LogP contribution in [-0.4, -0.2) is 35.4 Å². The zero-order chi connectivity index (χ0) is 18.2. The first-order valence-corrected chi connectivity index (χ1v) is 8.45. The molecule has 2 aromatic rings. The van der Waals surface area contributed by atoms with Crippen molar-refractivity contribution in [2.75, 3.05) is 19.6 Å². The van der Waals surface area contributed by atoms with E-state index in [4.69, 9.17) is 0 Å². The van der Waals surface area contributed by atoms with Gasteiger partial charge in [-0.15, -0.1) is 24.0 Å². The molecule has 0 spiro atoms. The highest BCUT2D eigenvalue weighted by Gasteiger charge is 2.08. The fraction of sp³-hybridized carbons (Fsp3) is 0.444. The van der Waals surface area contributed by atoms with Gasteiger partial charge < -0.3 is 10.6 Å². The van der Waals surface area contributed by atoms with Gasteiger partial charge in [-0.05, 0) is 44.4 Å². The Morgan fingerprint density at radius 2 is 1.88 bits per heavy atom. The molecule has 144 valence electrons. The van der Waals surface area contributed by atoms with Gasteiger partial charge >= 0.3 is 0 Å². The minimum atomic E-state index is -0.528. The molecule has 0 aliphatic heterocycles. The van der Waals surface area contributed by atoms with Gasteiger partial charge in [0.2, 0.25) is 0 Å². The Bertz CT molecular complexity index is 710. The summed E-state index contributed by atoms with van der Waals surface area (Å²) < 4.78 is 29.1. The standard InChI is InChI=1S/C18H25F2N5.HI/c1-4-21-18(22-10-8-14-12-24-25(3)13(14)2)23-11-9-15-16(19)6-5-7-17(15)20;/h5-7,12H,4,8-11H2,1-3H3,(H2,21,22,23);1H. The Hall–Kier alpha value is -1.71. The normalized spacial score (nSPS) is 11.2. The van der Waals surface area contributed by atoms with Crippen molar-refractivity contribution in [2.45, 2.75) is 26.7 Å². The maximum Gasteiger partial charge on any atom is 0.191 e. The number of halogens is 3. The molecular weight excluding hydrogens is 451 g/mol. The summed E-state index contributed by atoms with van der Waals surface area (Å²) in [5.41, 5.74) is 2.39. The van der Waals surface area contributed by atoms with Crippen molar-refractivity contribution in [1.29, 1.82) is 0 Å². The summed E-state index contributed by atoms with van der Waals surface area (Å²) in [7, 11) is 1.92. The summed E-state index contributed by atoms with van der Waals surface area (Å²) in [5.74, 6) is -0.416. The maximum atomic E-state index is 13.6. The van der Waals surface area contributed by atoms with E-state index in [1.165, 1.54) is 23.8 Å². The molecule has 1 aromatic heterocycles. The first-order valence-electron chi connectivity index (χ1n) is 8.45. The second kappa shape index (κ2) is 11.1. The average Bonchev–Trinajstić information content (AvgIpc) is 2.89. The van der Waals surface area contributed by atoms with Crippen molar-refractivity contribution in [3.05, 3.63) is 52.9 Å². The van der Waals surface area contributed by atoms with Crippen LogP contribution in [0.3, 0.4) is 0 Å². The molecule has 0 unspecified atom stereocenters. The molecule has 1 aromatic carbocycles. The lowest BCUT2D eigenvalue weighted by atomic mass is 10.1. The second-order valence-corrected chi connectivity index (χ2v) is 5.77. The maximum absolute atomic E-state index is 13.6. The minimum Gasteiger partial charge on any atom is -0.357 e. The van der Waals surface area contributed by atoms with Crippen LogP contribution in [0.5, 0.6) is 0 Å². The Labute approximate surface area is 170 Å². The molecule has 0 aliphatic carbocycles. The largest absolute Gasteiger partial charge is 0.357 e. The van der Waals surface area contributed by atoms with Crippen LogP contribution in [-0.2, 0) is 19.9 Å². The predicted octanol–water partition coefficient (Wildman–Crippen LogP) is 2.97. The molecule has 0 radical (unpaired) electrons. The molecule has 0 bridgehead atoms. The fourth-order valence-electron chi connectivity index (χ4n) is 2.50. The summed E-state index contributed by atoms with van der Waals surface area (Å²) in [6.45, 7) is 5.72. The Morgan fingerprint density at radius 1 is 1.19 bits per heavy atom. The summed E-state index contributed by atoms with van der Waals surface area (Å²) in [5, 5.41) is 10.6. The Morgan fingerprint density at radius 3 is 2.46 bits per heavy atom. The number of benzene rings is 1. The lowest BCUT2D eigenvalue weighted by Gasteiger charge is -2.11. The number of aryl methyl sites for hydroxylation is 1. The van der Waals surface area contributed by atoms with Gasteiger partial charge in [0.25, 0.3) is 0 Å². The van der Waals surface area contributed by atoms with Gasteiger partial charge in [0, 0.05) is 37.9 Å². The summed E-state index contributed by atoms with van der Waals surface area (Å²) in [4.78, 5) is 4.39. The summed E-state index contributed by atoms with van der Waals surface area (Å²) in [6, 6.07) is 3.90. The average molecular weight is 477 g/mol. The van der Waals surface area contributed by atoms with Crippen molar-refractivity contribution in [1.82, 2.24) is 20.4 Å². The van der Waals surface area contributed by atoms with Crippen molar-refractivity contribution < 1.29 is 8.78 Å². The highest BCUT2D eigenvalue weighted by atomic mass is 127. The Balaban J connectivity index is 0.00000338. The van der Waals surface area contributed by atoms with Crippen molar-refractivity contribution in [3.8, 4) is 0 Å². The van der Waals surface area contributed by atoms with Gasteiger partial charge in [0.1, 0.15) is 11.6 Å². The van der Waals surface area contributed by atoms with Crippen LogP contribution >= 0.6 is 24.0 Å². The molecule has 8 heteroatoms. The van der Waals surface area contributed by atoms with Gasteiger partial charge in [0.15, 0.2) is 5.96 Å². The first-order chi connectivity index (χ1) is 12.0. The number of nitrogens with zero attached hydrogens (tertiary/aromatic N) is 3. The molecule has 0 fully saturated rings. The number of hydrogen-bond donors (Lipinski definition) is 2. The number of aliphatic imine (C=N–C) groups is 1. The Kier molecular flexibility index (Phi) is 9.53. The molecule has 1 heterocycles.